The normalized spacial score (nSPS) is 12.2. The first-order valence-corrected chi connectivity index (χ1v) is 14.4. The first-order valence-electron chi connectivity index (χ1n) is 14.4. The number of benzene rings is 4. The van der Waals surface area contributed by atoms with Crippen molar-refractivity contribution in [1.82, 2.24) is 19.5 Å². The second-order valence-corrected chi connectivity index (χ2v) is 12.2. The van der Waals surface area contributed by atoms with Gasteiger partial charge in [-0.05, 0) is 72.9 Å². The van der Waals surface area contributed by atoms with Crippen LogP contribution in [0.15, 0.2) is 103 Å². The van der Waals surface area contributed by atoms with Gasteiger partial charge < -0.3 is 9.55 Å². The molecule has 4 aromatic carbocycles. The van der Waals surface area contributed by atoms with E-state index in [1.807, 2.05) is 18.3 Å². The van der Waals surface area contributed by atoms with E-state index in [0.717, 1.165) is 55.8 Å². The Bertz CT molecular complexity index is 2050. The van der Waals surface area contributed by atoms with Crippen LogP contribution in [0.1, 0.15) is 46.2 Å². The summed E-state index contributed by atoms with van der Waals surface area (Å²) in [6, 6.07) is 34.7. The summed E-state index contributed by atoms with van der Waals surface area (Å²) >= 11 is 0. The molecule has 0 unspecified atom stereocenters. The SMILES string of the molecule is CC(C)n1c(-c2cc(C(C)(C)C)cc3c2[nH]c2ccccc23)nc2c(-c3cccc(-c4ccccn4)c3)cccc21. The van der Waals surface area contributed by atoms with Crippen LogP contribution in [0, 0.1) is 0 Å². The molecule has 7 aromatic rings. The molecule has 3 aromatic heterocycles. The number of pyridine rings is 1. The number of rotatable bonds is 4. The fourth-order valence-electron chi connectivity index (χ4n) is 6.00. The summed E-state index contributed by atoms with van der Waals surface area (Å²) in [5.74, 6) is 0.992. The number of hydrogen-bond acceptors (Lipinski definition) is 2. The van der Waals surface area contributed by atoms with Crippen LogP contribution in [0.5, 0.6) is 0 Å². The molecule has 0 radical (unpaired) electrons. The minimum absolute atomic E-state index is 0.00688. The van der Waals surface area contributed by atoms with Crippen LogP contribution >= 0.6 is 0 Å². The molecule has 0 spiro atoms. The highest BCUT2D eigenvalue weighted by Crippen LogP contribution is 2.41. The van der Waals surface area contributed by atoms with E-state index in [2.05, 4.69) is 134 Å². The molecular formula is C37H34N4. The van der Waals surface area contributed by atoms with Crippen molar-refractivity contribution in [3.63, 3.8) is 0 Å². The summed E-state index contributed by atoms with van der Waals surface area (Å²) in [6.45, 7) is 11.3. The molecule has 1 N–H and O–H groups in total. The van der Waals surface area contributed by atoms with Crippen molar-refractivity contribution >= 4 is 32.8 Å². The van der Waals surface area contributed by atoms with Crippen LogP contribution in [0.3, 0.4) is 0 Å². The Kier molecular flexibility index (Phi) is 5.83. The van der Waals surface area contributed by atoms with Crippen LogP contribution in [-0.2, 0) is 5.41 Å². The second kappa shape index (κ2) is 9.45. The lowest BCUT2D eigenvalue weighted by Crippen LogP contribution is -2.11. The van der Waals surface area contributed by atoms with Gasteiger partial charge in [0.1, 0.15) is 5.82 Å². The number of nitrogens with one attached hydrogen (secondary N) is 1. The van der Waals surface area contributed by atoms with Gasteiger partial charge in [-0.1, -0.05) is 75.4 Å². The number of para-hydroxylation sites is 2. The molecule has 0 saturated heterocycles. The predicted molar refractivity (Wildman–Crippen MR) is 172 cm³/mol. The van der Waals surface area contributed by atoms with E-state index in [4.69, 9.17) is 4.98 Å². The molecule has 3 heterocycles. The summed E-state index contributed by atoms with van der Waals surface area (Å²) in [6.07, 6.45) is 1.84. The molecule has 41 heavy (non-hydrogen) atoms. The molecule has 0 saturated carbocycles. The highest BCUT2D eigenvalue weighted by molar-refractivity contribution is 6.12. The van der Waals surface area contributed by atoms with Gasteiger partial charge >= 0.3 is 0 Å². The average Bonchev–Trinajstić information content (AvgIpc) is 3.56. The number of fused-ring (bicyclic) bond motifs is 4. The van der Waals surface area contributed by atoms with Crippen LogP contribution in [0.25, 0.3) is 66.6 Å². The zero-order chi connectivity index (χ0) is 28.3. The Labute approximate surface area is 240 Å². The molecule has 4 nitrogen and oxygen atoms in total. The molecule has 0 aliphatic rings. The summed E-state index contributed by atoms with van der Waals surface area (Å²) in [7, 11) is 0. The van der Waals surface area contributed by atoms with Crippen molar-refractivity contribution in [2.75, 3.05) is 0 Å². The van der Waals surface area contributed by atoms with Crippen molar-refractivity contribution in [3.05, 3.63) is 109 Å². The van der Waals surface area contributed by atoms with E-state index in [9.17, 15) is 0 Å². The van der Waals surface area contributed by atoms with Crippen molar-refractivity contribution in [2.45, 2.75) is 46.1 Å². The van der Waals surface area contributed by atoms with Gasteiger partial charge in [-0.3, -0.25) is 4.98 Å². The van der Waals surface area contributed by atoms with Gasteiger partial charge in [0, 0.05) is 45.2 Å². The maximum absolute atomic E-state index is 5.45. The minimum atomic E-state index is -0.00688. The average molecular weight is 535 g/mol. The van der Waals surface area contributed by atoms with Crippen LogP contribution in [0.2, 0.25) is 0 Å². The first-order chi connectivity index (χ1) is 19.8. The number of aromatic nitrogens is 4. The van der Waals surface area contributed by atoms with E-state index in [-0.39, 0.29) is 11.5 Å². The predicted octanol–water partition coefficient (Wildman–Crippen LogP) is 9.95. The van der Waals surface area contributed by atoms with Crippen LogP contribution < -0.4 is 0 Å². The lowest BCUT2D eigenvalue weighted by atomic mass is 9.85. The smallest absolute Gasteiger partial charge is 0.143 e. The largest absolute Gasteiger partial charge is 0.354 e. The number of hydrogen-bond donors (Lipinski definition) is 1. The van der Waals surface area contributed by atoms with Gasteiger partial charge in [-0.15, -0.1) is 0 Å². The van der Waals surface area contributed by atoms with Gasteiger partial charge in [0.2, 0.25) is 0 Å². The Hall–Kier alpha value is -4.70. The standard InChI is InChI=1S/C37H34N4/c1-23(2)41-33-18-11-15-27(24-12-10-13-25(20-24)31-16-8-9-19-38-31)35(33)40-36(41)30-22-26(37(3,4)5)21-29-28-14-6-7-17-32(28)39-34(29)30/h6-23,39H,1-5H3. The highest BCUT2D eigenvalue weighted by atomic mass is 15.1. The van der Waals surface area contributed by atoms with E-state index in [0.29, 0.717) is 0 Å². The zero-order valence-corrected chi connectivity index (χ0v) is 24.2. The van der Waals surface area contributed by atoms with Crippen molar-refractivity contribution < 1.29 is 0 Å². The van der Waals surface area contributed by atoms with Crippen LogP contribution in [0.4, 0.5) is 0 Å². The third-order valence-electron chi connectivity index (χ3n) is 8.09. The van der Waals surface area contributed by atoms with E-state index in [1.165, 1.54) is 16.3 Å². The van der Waals surface area contributed by atoms with Crippen molar-refractivity contribution in [1.29, 1.82) is 0 Å². The first kappa shape index (κ1) is 25.3. The lowest BCUT2D eigenvalue weighted by Gasteiger charge is -2.21. The number of aromatic amines is 1. The topological polar surface area (TPSA) is 46.5 Å². The Morgan fingerprint density at radius 1 is 0.732 bits per heavy atom. The Morgan fingerprint density at radius 3 is 2.29 bits per heavy atom. The summed E-state index contributed by atoms with van der Waals surface area (Å²) in [5, 5.41) is 2.49. The zero-order valence-electron chi connectivity index (χ0n) is 24.2. The van der Waals surface area contributed by atoms with Crippen LogP contribution in [-0.4, -0.2) is 19.5 Å². The third-order valence-corrected chi connectivity index (χ3v) is 8.09. The molecular weight excluding hydrogens is 500 g/mol. The number of nitrogens with zero attached hydrogens (tertiary/aromatic N) is 3. The lowest BCUT2D eigenvalue weighted by molar-refractivity contribution is 0.591. The minimum Gasteiger partial charge on any atom is -0.354 e. The van der Waals surface area contributed by atoms with E-state index in [1.54, 1.807) is 0 Å². The fraction of sp³-hybridized carbons (Fsp3) is 0.189. The maximum atomic E-state index is 5.45. The van der Waals surface area contributed by atoms with Gasteiger partial charge in [0.25, 0.3) is 0 Å². The molecule has 0 fully saturated rings. The number of imidazole rings is 1. The molecule has 0 amide bonds. The van der Waals surface area contributed by atoms with Crippen molar-refractivity contribution in [2.24, 2.45) is 0 Å². The maximum Gasteiger partial charge on any atom is 0.143 e. The molecule has 0 aliphatic carbocycles. The highest BCUT2D eigenvalue weighted by Gasteiger charge is 2.24. The Morgan fingerprint density at radius 2 is 1.51 bits per heavy atom. The van der Waals surface area contributed by atoms with Gasteiger partial charge in [-0.2, -0.15) is 0 Å². The molecule has 202 valence electrons. The summed E-state index contributed by atoms with van der Waals surface area (Å²) in [4.78, 5) is 13.8. The summed E-state index contributed by atoms with van der Waals surface area (Å²) < 4.78 is 2.40. The number of H-pyrrole nitrogens is 1. The van der Waals surface area contributed by atoms with Gasteiger partial charge in [-0.25, -0.2) is 4.98 Å². The van der Waals surface area contributed by atoms with E-state index >= 15 is 0 Å². The van der Waals surface area contributed by atoms with Gasteiger partial charge in [0.05, 0.1) is 22.2 Å². The van der Waals surface area contributed by atoms with E-state index < -0.39 is 0 Å². The fourth-order valence-corrected chi connectivity index (χ4v) is 6.00. The van der Waals surface area contributed by atoms with Gasteiger partial charge in [0.15, 0.2) is 0 Å². The second-order valence-electron chi connectivity index (χ2n) is 12.2. The molecule has 0 bridgehead atoms. The summed E-state index contributed by atoms with van der Waals surface area (Å²) in [5.41, 5.74) is 11.2. The molecule has 0 atom stereocenters. The molecule has 0 aliphatic heterocycles. The molecule has 7 rings (SSSR count). The quantitative estimate of drug-likeness (QED) is 0.244. The Balaban J connectivity index is 1.52. The molecule has 4 heteroatoms. The monoisotopic (exact) mass is 534 g/mol. The van der Waals surface area contributed by atoms with Crippen molar-refractivity contribution in [3.8, 4) is 33.8 Å². The third kappa shape index (κ3) is 4.22.